The van der Waals surface area contributed by atoms with Crippen molar-refractivity contribution in [1.82, 2.24) is 0 Å². The van der Waals surface area contributed by atoms with E-state index in [0.717, 1.165) is 12.8 Å². The predicted molar refractivity (Wildman–Crippen MR) is 113 cm³/mol. The summed E-state index contributed by atoms with van der Waals surface area (Å²) in [6.07, 6.45) is 7.69. The Labute approximate surface area is 181 Å². The molecule has 0 heterocycles. The second kappa shape index (κ2) is 24.1. The predicted octanol–water partition coefficient (Wildman–Crippen LogP) is 3.30. The van der Waals surface area contributed by atoms with Gasteiger partial charge in [0.25, 0.3) is 0 Å². The van der Waals surface area contributed by atoms with Gasteiger partial charge in [-0.1, -0.05) is 39.0 Å². The molecular formula is C22H42O8. The Bertz CT molecular complexity index is 389. The van der Waals surface area contributed by atoms with Gasteiger partial charge in [-0.25, -0.2) is 0 Å². The van der Waals surface area contributed by atoms with Crippen LogP contribution in [0.3, 0.4) is 0 Å². The Morgan fingerprint density at radius 3 is 1.53 bits per heavy atom. The topological polar surface area (TPSA) is 89.5 Å². The van der Waals surface area contributed by atoms with Gasteiger partial charge in [0.2, 0.25) is 0 Å². The van der Waals surface area contributed by atoms with Gasteiger partial charge in [-0.05, 0) is 13.3 Å². The summed E-state index contributed by atoms with van der Waals surface area (Å²) in [4.78, 5) is 22.6. The summed E-state index contributed by atoms with van der Waals surface area (Å²) in [5.74, 6) is -0.396. The summed E-state index contributed by atoms with van der Waals surface area (Å²) >= 11 is 0. The Morgan fingerprint density at radius 1 is 0.500 bits per heavy atom. The zero-order valence-electron chi connectivity index (χ0n) is 19.0. The minimum atomic E-state index is -0.250. The van der Waals surface area contributed by atoms with Crippen LogP contribution in [0.5, 0.6) is 0 Å². The zero-order chi connectivity index (χ0) is 22.1. The van der Waals surface area contributed by atoms with Gasteiger partial charge in [-0.2, -0.15) is 0 Å². The largest absolute Gasteiger partial charge is 0.466 e. The molecule has 0 saturated heterocycles. The normalized spacial score (nSPS) is 10.9. The van der Waals surface area contributed by atoms with Crippen LogP contribution >= 0.6 is 0 Å². The van der Waals surface area contributed by atoms with E-state index in [4.69, 9.17) is 28.4 Å². The molecule has 0 aliphatic heterocycles. The Hall–Kier alpha value is -1.22. The van der Waals surface area contributed by atoms with Crippen molar-refractivity contribution < 1.29 is 38.0 Å². The maximum Gasteiger partial charge on any atom is 0.308 e. The van der Waals surface area contributed by atoms with Crippen LogP contribution < -0.4 is 0 Å². The summed E-state index contributed by atoms with van der Waals surface area (Å²) in [5.41, 5.74) is 0. The summed E-state index contributed by atoms with van der Waals surface area (Å²) in [5, 5.41) is 0. The Kier molecular flexibility index (Phi) is 23.1. The van der Waals surface area contributed by atoms with E-state index in [1.54, 1.807) is 6.92 Å². The van der Waals surface area contributed by atoms with Crippen molar-refractivity contribution in [3.8, 4) is 0 Å². The Morgan fingerprint density at radius 2 is 0.967 bits per heavy atom. The third kappa shape index (κ3) is 23.1. The lowest BCUT2D eigenvalue weighted by atomic mass is 10.1. The number of hydrogen-bond acceptors (Lipinski definition) is 8. The van der Waals surface area contributed by atoms with Crippen LogP contribution in [0.2, 0.25) is 0 Å². The van der Waals surface area contributed by atoms with Crippen LogP contribution in [0.15, 0.2) is 0 Å². The molecule has 0 rings (SSSR count). The molecule has 0 bridgehead atoms. The second-order valence-electron chi connectivity index (χ2n) is 6.74. The molecule has 8 heteroatoms. The third-order valence-corrected chi connectivity index (χ3v) is 4.10. The number of ether oxygens (including phenoxy) is 6. The molecule has 0 aromatic heterocycles. The van der Waals surface area contributed by atoms with Gasteiger partial charge in [0.15, 0.2) is 0 Å². The average Bonchev–Trinajstić information content (AvgIpc) is 2.73. The molecule has 0 amide bonds. The Balaban J connectivity index is 3.15. The number of carbonyl (C=O) groups is 2. The summed E-state index contributed by atoms with van der Waals surface area (Å²) < 4.78 is 31.3. The van der Waals surface area contributed by atoms with Gasteiger partial charge in [0, 0.05) is 6.42 Å². The fourth-order valence-electron chi connectivity index (χ4n) is 2.49. The van der Waals surface area contributed by atoms with Crippen LogP contribution in [-0.2, 0) is 38.0 Å². The number of rotatable bonds is 23. The zero-order valence-corrected chi connectivity index (χ0v) is 19.0. The van der Waals surface area contributed by atoms with Gasteiger partial charge in [-0.3, -0.25) is 9.59 Å². The first kappa shape index (κ1) is 28.8. The van der Waals surface area contributed by atoms with Crippen molar-refractivity contribution in [2.45, 2.75) is 65.2 Å². The van der Waals surface area contributed by atoms with Gasteiger partial charge in [-0.15, -0.1) is 0 Å². The molecule has 0 aromatic rings. The third-order valence-electron chi connectivity index (χ3n) is 4.10. The van der Waals surface area contributed by atoms with Crippen molar-refractivity contribution in [2.75, 3.05) is 66.1 Å². The molecule has 0 N–H and O–H groups in total. The van der Waals surface area contributed by atoms with E-state index in [1.165, 1.54) is 25.7 Å². The monoisotopic (exact) mass is 434 g/mol. The molecular weight excluding hydrogens is 392 g/mol. The molecule has 0 saturated carbocycles. The standard InChI is InChI=1S/C22H42O8/c1-3-5-6-7-8-9-10-21(23)30-20-19-28-18-17-27-16-15-26-14-13-25-12-11-22(24)29-4-2/h3-20H2,1-2H3. The molecule has 0 radical (unpaired) electrons. The lowest BCUT2D eigenvalue weighted by Crippen LogP contribution is -2.15. The van der Waals surface area contributed by atoms with E-state index in [2.05, 4.69) is 6.92 Å². The van der Waals surface area contributed by atoms with E-state index < -0.39 is 0 Å². The first-order chi connectivity index (χ1) is 14.7. The highest BCUT2D eigenvalue weighted by Crippen LogP contribution is 2.07. The molecule has 0 unspecified atom stereocenters. The first-order valence-corrected chi connectivity index (χ1v) is 11.3. The van der Waals surface area contributed by atoms with Crippen LogP contribution in [0, 0.1) is 0 Å². The van der Waals surface area contributed by atoms with Gasteiger partial charge in [0.1, 0.15) is 6.61 Å². The molecule has 30 heavy (non-hydrogen) atoms. The minimum absolute atomic E-state index is 0.146. The molecule has 178 valence electrons. The maximum atomic E-state index is 11.6. The first-order valence-electron chi connectivity index (χ1n) is 11.3. The summed E-state index contributed by atoms with van der Waals surface area (Å²) in [6.45, 7) is 8.10. The highest BCUT2D eigenvalue weighted by molar-refractivity contribution is 5.69. The van der Waals surface area contributed by atoms with Crippen molar-refractivity contribution in [1.29, 1.82) is 0 Å². The summed E-state index contributed by atoms with van der Waals surface area (Å²) in [7, 11) is 0. The van der Waals surface area contributed by atoms with E-state index in [-0.39, 0.29) is 25.0 Å². The molecule has 0 spiro atoms. The highest BCUT2D eigenvalue weighted by Gasteiger charge is 2.03. The van der Waals surface area contributed by atoms with Crippen molar-refractivity contribution in [2.24, 2.45) is 0 Å². The second-order valence-corrected chi connectivity index (χ2v) is 6.74. The van der Waals surface area contributed by atoms with Gasteiger partial charge < -0.3 is 28.4 Å². The molecule has 0 aromatic carbocycles. The van der Waals surface area contributed by atoms with Crippen molar-refractivity contribution >= 4 is 11.9 Å². The minimum Gasteiger partial charge on any atom is -0.466 e. The number of esters is 2. The van der Waals surface area contributed by atoms with Crippen LogP contribution in [-0.4, -0.2) is 78.0 Å². The molecule has 0 fully saturated rings. The highest BCUT2D eigenvalue weighted by atomic mass is 16.6. The van der Waals surface area contributed by atoms with Crippen LogP contribution in [0.4, 0.5) is 0 Å². The SMILES string of the molecule is CCCCCCCCC(=O)OCCOCCOCCOCCOCCC(=O)OCC. The lowest BCUT2D eigenvalue weighted by molar-refractivity contribution is -0.146. The molecule has 8 nitrogen and oxygen atoms in total. The quantitative estimate of drug-likeness (QED) is 0.179. The van der Waals surface area contributed by atoms with E-state index in [0.29, 0.717) is 65.9 Å². The van der Waals surface area contributed by atoms with Crippen molar-refractivity contribution in [3.63, 3.8) is 0 Å². The molecule has 0 aliphatic rings. The number of unbranched alkanes of at least 4 members (excludes halogenated alkanes) is 5. The average molecular weight is 435 g/mol. The van der Waals surface area contributed by atoms with Gasteiger partial charge >= 0.3 is 11.9 Å². The fourth-order valence-corrected chi connectivity index (χ4v) is 2.49. The fraction of sp³-hybridized carbons (Fsp3) is 0.909. The lowest BCUT2D eigenvalue weighted by Gasteiger charge is -2.08. The molecule has 0 aliphatic carbocycles. The van der Waals surface area contributed by atoms with Crippen LogP contribution in [0.1, 0.15) is 65.2 Å². The smallest absolute Gasteiger partial charge is 0.308 e. The number of hydrogen-bond donors (Lipinski definition) is 0. The van der Waals surface area contributed by atoms with E-state index in [1.807, 2.05) is 0 Å². The van der Waals surface area contributed by atoms with E-state index in [9.17, 15) is 9.59 Å². The maximum absolute atomic E-state index is 11.6. The van der Waals surface area contributed by atoms with Gasteiger partial charge in [0.05, 0.1) is 65.9 Å². The molecule has 0 atom stereocenters. The van der Waals surface area contributed by atoms with E-state index >= 15 is 0 Å². The van der Waals surface area contributed by atoms with Crippen molar-refractivity contribution in [3.05, 3.63) is 0 Å². The van der Waals surface area contributed by atoms with Crippen LogP contribution in [0.25, 0.3) is 0 Å². The number of carbonyl (C=O) groups excluding carboxylic acids is 2. The summed E-state index contributed by atoms with van der Waals surface area (Å²) in [6, 6.07) is 0.